The standard InChI is InChI=1S/C11H14N2O2/c12-13-11-8-14-10(7-15-11)6-9-4-2-1-3-5-9/h1-2,4,7H,3,5-6,8,12H2. The number of ether oxygens (including phenoxy) is 2. The molecule has 80 valence electrons. The number of nitrogens with two attached hydrogens (primary N) is 1. The summed E-state index contributed by atoms with van der Waals surface area (Å²) in [5, 5.41) is 3.43. The van der Waals surface area contributed by atoms with E-state index in [4.69, 9.17) is 15.3 Å². The Labute approximate surface area is 88.7 Å². The summed E-state index contributed by atoms with van der Waals surface area (Å²) in [5.74, 6) is 6.32. The molecule has 4 nitrogen and oxygen atoms in total. The van der Waals surface area contributed by atoms with Gasteiger partial charge in [-0.1, -0.05) is 23.8 Å². The van der Waals surface area contributed by atoms with Crippen molar-refractivity contribution in [3.63, 3.8) is 0 Å². The highest BCUT2D eigenvalue weighted by Gasteiger charge is 2.12. The molecule has 0 saturated carbocycles. The second kappa shape index (κ2) is 4.68. The molecule has 0 bridgehead atoms. The zero-order valence-electron chi connectivity index (χ0n) is 8.48. The number of hydrogen-bond donors (Lipinski definition) is 1. The summed E-state index contributed by atoms with van der Waals surface area (Å²) in [6, 6.07) is 0. The molecule has 1 heterocycles. The van der Waals surface area contributed by atoms with Crippen molar-refractivity contribution in [2.24, 2.45) is 10.9 Å². The van der Waals surface area contributed by atoms with Gasteiger partial charge in [-0.15, -0.1) is 5.10 Å². The van der Waals surface area contributed by atoms with Crippen LogP contribution in [0, 0.1) is 0 Å². The molecule has 0 atom stereocenters. The van der Waals surface area contributed by atoms with Gasteiger partial charge in [0.2, 0.25) is 5.90 Å². The Morgan fingerprint density at radius 1 is 1.47 bits per heavy atom. The van der Waals surface area contributed by atoms with Gasteiger partial charge in [-0.3, -0.25) is 0 Å². The maximum Gasteiger partial charge on any atom is 0.248 e. The molecule has 0 spiro atoms. The molecule has 0 amide bonds. The van der Waals surface area contributed by atoms with E-state index in [1.165, 1.54) is 5.57 Å². The molecule has 0 aromatic heterocycles. The van der Waals surface area contributed by atoms with Crippen LogP contribution in [0.1, 0.15) is 19.3 Å². The first-order valence-corrected chi connectivity index (χ1v) is 4.98. The van der Waals surface area contributed by atoms with Gasteiger partial charge in [-0.25, -0.2) is 0 Å². The van der Waals surface area contributed by atoms with Crippen LogP contribution in [0.5, 0.6) is 0 Å². The molecule has 1 aliphatic heterocycles. The van der Waals surface area contributed by atoms with Crippen LogP contribution in [-0.2, 0) is 9.47 Å². The molecular weight excluding hydrogens is 192 g/mol. The smallest absolute Gasteiger partial charge is 0.248 e. The zero-order chi connectivity index (χ0) is 10.5. The summed E-state index contributed by atoms with van der Waals surface area (Å²) in [7, 11) is 0. The quantitative estimate of drug-likeness (QED) is 0.553. The minimum Gasteiger partial charge on any atom is -0.485 e. The highest BCUT2D eigenvalue weighted by molar-refractivity contribution is 5.78. The average molecular weight is 206 g/mol. The van der Waals surface area contributed by atoms with Gasteiger partial charge in [0.1, 0.15) is 12.0 Å². The Morgan fingerprint density at radius 2 is 2.40 bits per heavy atom. The minimum atomic E-state index is 0.325. The van der Waals surface area contributed by atoms with Crippen molar-refractivity contribution < 1.29 is 9.47 Å². The van der Waals surface area contributed by atoms with Crippen LogP contribution in [0.25, 0.3) is 0 Å². The normalized spacial score (nSPS) is 22.8. The summed E-state index contributed by atoms with van der Waals surface area (Å²) in [6.07, 6.45) is 11.0. The van der Waals surface area contributed by atoms with Gasteiger partial charge < -0.3 is 15.3 Å². The van der Waals surface area contributed by atoms with E-state index in [9.17, 15) is 0 Å². The van der Waals surface area contributed by atoms with E-state index in [0.29, 0.717) is 12.5 Å². The minimum absolute atomic E-state index is 0.325. The lowest BCUT2D eigenvalue weighted by atomic mass is 10.0. The van der Waals surface area contributed by atoms with E-state index < -0.39 is 0 Å². The van der Waals surface area contributed by atoms with Crippen molar-refractivity contribution in [1.82, 2.24) is 0 Å². The van der Waals surface area contributed by atoms with Crippen LogP contribution in [0.15, 0.2) is 40.9 Å². The number of nitrogens with zero attached hydrogens (tertiary/aromatic N) is 1. The summed E-state index contributed by atoms with van der Waals surface area (Å²) in [5.41, 5.74) is 1.36. The van der Waals surface area contributed by atoms with Crippen LogP contribution in [0.4, 0.5) is 0 Å². The molecule has 2 N–H and O–H groups in total. The summed E-state index contributed by atoms with van der Waals surface area (Å²) >= 11 is 0. The van der Waals surface area contributed by atoms with Gasteiger partial charge in [0.05, 0.1) is 0 Å². The van der Waals surface area contributed by atoms with E-state index in [1.54, 1.807) is 6.26 Å². The Kier molecular flexibility index (Phi) is 3.07. The summed E-state index contributed by atoms with van der Waals surface area (Å²) in [6.45, 7) is 0.325. The summed E-state index contributed by atoms with van der Waals surface area (Å²) in [4.78, 5) is 0. The molecule has 4 heteroatoms. The molecule has 0 unspecified atom stereocenters. The predicted octanol–water partition coefficient (Wildman–Crippen LogP) is 1.81. The average Bonchev–Trinajstić information content (AvgIpc) is 2.31. The number of hydrogen-bond acceptors (Lipinski definition) is 4. The van der Waals surface area contributed by atoms with E-state index >= 15 is 0 Å². The fraction of sp³-hybridized carbons (Fsp3) is 0.364. The van der Waals surface area contributed by atoms with Gasteiger partial charge in [-0.05, 0) is 12.8 Å². The largest absolute Gasteiger partial charge is 0.485 e. The van der Waals surface area contributed by atoms with E-state index in [0.717, 1.165) is 25.0 Å². The van der Waals surface area contributed by atoms with Crippen molar-refractivity contribution in [3.8, 4) is 0 Å². The Bertz CT molecular complexity index is 354. The first-order valence-electron chi connectivity index (χ1n) is 4.98. The molecule has 0 radical (unpaired) electrons. The maximum atomic E-state index is 5.44. The topological polar surface area (TPSA) is 56.8 Å². The first kappa shape index (κ1) is 9.83. The molecule has 0 saturated heterocycles. The summed E-state index contributed by atoms with van der Waals surface area (Å²) < 4.78 is 10.6. The van der Waals surface area contributed by atoms with Crippen molar-refractivity contribution >= 4 is 5.90 Å². The molecule has 0 fully saturated rings. The molecule has 0 aromatic carbocycles. The maximum absolute atomic E-state index is 5.44. The molecule has 1 aliphatic carbocycles. The van der Waals surface area contributed by atoms with Gasteiger partial charge >= 0.3 is 0 Å². The Hall–Kier alpha value is -1.71. The fourth-order valence-electron chi connectivity index (χ4n) is 1.54. The predicted molar refractivity (Wildman–Crippen MR) is 57.8 cm³/mol. The lowest BCUT2D eigenvalue weighted by Gasteiger charge is -2.17. The number of hydrazone groups is 1. The third-order valence-electron chi connectivity index (χ3n) is 2.35. The molecule has 2 rings (SSSR count). The van der Waals surface area contributed by atoms with Gasteiger partial charge in [0, 0.05) is 6.42 Å². The number of rotatable bonds is 2. The first-order chi connectivity index (χ1) is 7.38. The van der Waals surface area contributed by atoms with Gasteiger partial charge in [0.15, 0.2) is 6.61 Å². The highest BCUT2D eigenvalue weighted by atomic mass is 16.6. The van der Waals surface area contributed by atoms with Crippen molar-refractivity contribution in [2.45, 2.75) is 19.3 Å². The van der Waals surface area contributed by atoms with E-state index in [2.05, 4.69) is 23.3 Å². The highest BCUT2D eigenvalue weighted by Crippen LogP contribution is 2.21. The monoisotopic (exact) mass is 206 g/mol. The molecular formula is C11H14N2O2. The lowest BCUT2D eigenvalue weighted by Crippen LogP contribution is -2.17. The second-order valence-electron chi connectivity index (χ2n) is 3.48. The lowest BCUT2D eigenvalue weighted by molar-refractivity contribution is 0.191. The molecule has 2 aliphatic rings. The van der Waals surface area contributed by atoms with Gasteiger partial charge in [0.25, 0.3) is 0 Å². The van der Waals surface area contributed by atoms with Crippen molar-refractivity contribution in [2.75, 3.05) is 6.61 Å². The number of allylic oxidation sites excluding steroid dienone is 4. The van der Waals surface area contributed by atoms with Crippen LogP contribution >= 0.6 is 0 Å². The van der Waals surface area contributed by atoms with Crippen LogP contribution in [-0.4, -0.2) is 12.5 Å². The third kappa shape index (κ3) is 2.62. The third-order valence-corrected chi connectivity index (χ3v) is 2.35. The molecule has 0 aromatic rings. The van der Waals surface area contributed by atoms with Crippen LogP contribution < -0.4 is 5.84 Å². The van der Waals surface area contributed by atoms with Gasteiger partial charge in [-0.2, -0.15) is 0 Å². The van der Waals surface area contributed by atoms with Crippen molar-refractivity contribution in [1.29, 1.82) is 0 Å². The zero-order valence-corrected chi connectivity index (χ0v) is 8.48. The van der Waals surface area contributed by atoms with Crippen LogP contribution in [0.2, 0.25) is 0 Å². The Morgan fingerprint density at radius 3 is 3.00 bits per heavy atom. The molecule has 15 heavy (non-hydrogen) atoms. The van der Waals surface area contributed by atoms with Crippen LogP contribution in [0.3, 0.4) is 0 Å². The Balaban J connectivity index is 1.93. The van der Waals surface area contributed by atoms with Crippen molar-refractivity contribution in [3.05, 3.63) is 35.8 Å². The van der Waals surface area contributed by atoms with E-state index in [-0.39, 0.29) is 0 Å². The fourth-order valence-corrected chi connectivity index (χ4v) is 1.54. The van der Waals surface area contributed by atoms with E-state index in [1.807, 2.05) is 0 Å². The second-order valence-corrected chi connectivity index (χ2v) is 3.48. The SMILES string of the molecule is NN=C1COC(CC2=CC=CCC2)=CO1.